The van der Waals surface area contributed by atoms with E-state index in [9.17, 15) is 0 Å². The van der Waals surface area contributed by atoms with Crippen LogP contribution < -0.4 is 0 Å². The number of benzene rings is 4. The Hall–Kier alpha value is -3.78. The molecule has 0 saturated heterocycles. The minimum absolute atomic E-state index is 1.10. The molecule has 0 radical (unpaired) electrons. The molecule has 0 amide bonds. The van der Waals surface area contributed by atoms with Crippen LogP contribution in [0.1, 0.15) is 11.1 Å². The zero-order valence-electron chi connectivity index (χ0n) is 17.1. The number of rotatable bonds is 0. The second kappa shape index (κ2) is 7.57. The molecule has 0 saturated carbocycles. The van der Waals surface area contributed by atoms with E-state index in [0.29, 0.717) is 0 Å². The number of nitrogens with zero attached hydrogens (tertiary/aromatic N) is 2. The highest BCUT2D eigenvalue weighted by atomic mass is 14.7. The Balaban J connectivity index is 0.000000128. The Morgan fingerprint density at radius 2 is 1.13 bits per heavy atom. The maximum absolute atomic E-state index is 4.47. The predicted octanol–water partition coefficient (Wildman–Crippen LogP) is 7.39. The normalized spacial score (nSPS) is 11.0. The molecule has 144 valence electrons. The van der Waals surface area contributed by atoms with Gasteiger partial charge in [0.25, 0.3) is 0 Å². The average molecular weight is 386 g/mol. The molecular formula is C28H22N2. The molecule has 2 nitrogen and oxygen atoms in total. The molecule has 0 bridgehead atoms. The minimum Gasteiger partial charge on any atom is -0.256 e. The van der Waals surface area contributed by atoms with Gasteiger partial charge < -0.3 is 0 Å². The largest absolute Gasteiger partial charge is 0.256 e. The van der Waals surface area contributed by atoms with Crippen molar-refractivity contribution in [3.63, 3.8) is 0 Å². The number of fused-ring (bicyclic) bond motifs is 6. The lowest BCUT2D eigenvalue weighted by Crippen LogP contribution is -1.83. The van der Waals surface area contributed by atoms with E-state index in [0.717, 1.165) is 11.0 Å². The molecule has 0 fully saturated rings. The molecule has 0 aliphatic rings. The van der Waals surface area contributed by atoms with Crippen molar-refractivity contribution in [2.45, 2.75) is 13.8 Å². The minimum atomic E-state index is 1.10. The molecule has 6 aromatic rings. The molecule has 2 heterocycles. The summed E-state index contributed by atoms with van der Waals surface area (Å²) in [5, 5.41) is 7.48. The van der Waals surface area contributed by atoms with Crippen molar-refractivity contribution >= 4 is 43.4 Å². The van der Waals surface area contributed by atoms with Gasteiger partial charge in [0.1, 0.15) is 0 Å². The summed E-state index contributed by atoms with van der Waals surface area (Å²) in [5.41, 5.74) is 4.79. The summed E-state index contributed by atoms with van der Waals surface area (Å²) in [4.78, 5) is 8.92. The average Bonchev–Trinajstić information content (AvgIpc) is 2.80. The van der Waals surface area contributed by atoms with Gasteiger partial charge in [-0.3, -0.25) is 9.97 Å². The number of aromatic nitrogens is 2. The summed E-state index contributed by atoms with van der Waals surface area (Å²) in [5.74, 6) is 0. The predicted molar refractivity (Wildman–Crippen MR) is 128 cm³/mol. The number of pyridine rings is 2. The molecule has 4 aromatic carbocycles. The zero-order valence-corrected chi connectivity index (χ0v) is 17.1. The van der Waals surface area contributed by atoms with Crippen LogP contribution in [0, 0.1) is 13.8 Å². The monoisotopic (exact) mass is 386 g/mol. The highest BCUT2D eigenvalue weighted by Gasteiger charge is 2.03. The Labute approximate surface area is 175 Å². The van der Waals surface area contributed by atoms with Crippen LogP contribution in [0.5, 0.6) is 0 Å². The van der Waals surface area contributed by atoms with E-state index in [-0.39, 0.29) is 0 Å². The molecule has 6 rings (SSSR count). The van der Waals surface area contributed by atoms with E-state index in [2.05, 4.69) is 103 Å². The third-order valence-corrected chi connectivity index (χ3v) is 5.70. The van der Waals surface area contributed by atoms with Gasteiger partial charge in [-0.25, -0.2) is 0 Å². The second-order valence-corrected chi connectivity index (χ2v) is 7.62. The summed E-state index contributed by atoms with van der Waals surface area (Å²) >= 11 is 0. The molecule has 0 N–H and O–H groups in total. The quantitative estimate of drug-likeness (QED) is 0.254. The molecular weight excluding hydrogens is 364 g/mol. The lowest BCUT2D eigenvalue weighted by molar-refractivity contribution is 1.38. The van der Waals surface area contributed by atoms with Gasteiger partial charge in [0.15, 0.2) is 0 Å². The van der Waals surface area contributed by atoms with Gasteiger partial charge in [-0.1, -0.05) is 72.8 Å². The maximum atomic E-state index is 4.47. The van der Waals surface area contributed by atoms with Crippen molar-refractivity contribution in [2.75, 3.05) is 0 Å². The van der Waals surface area contributed by atoms with E-state index in [1.54, 1.807) is 0 Å². The third-order valence-electron chi connectivity index (χ3n) is 5.70. The van der Waals surface area contributed by atoms with Crippen molar-refractivity contribution < 1.29 is 0 Å². The smallest absolute Gasteiger partial charge is 0.0782 e. The second-order valence-electron chi connectivity index (χ2n) is 7.62. The van der Waals surface area contributed by atoms with Crippen molar-refractivity contribution in [3.05, 3.63) is 108 Å². The summed E-state index contributed by atoms with van der Waals surface area (Å²) in [6.45, 7) is 4.26. The number of hydrogen-bond donors (Lipinski definition) is 0. The molecule has 2 aromatic heterocycles. The van der Waals surface area contributed by atoms with Crippen LogP contribution in [0.3, 0.4) is 0 Å². The van der Waals surface area contributed by atoms with Crippen LogP contribution in [0.2, 0.25) is 0 Å². The highest BCUT2D eigenvalue weighted by Crippen LogP contribution is 2.26. The van der Waals surface area contributed by atoms with Crippen LogP contribution in [0.25, 0.3) is 43.4 Å². The first-order chi connectivity index (χ1) is 14.7. The van der Waals surface area contributed by atoms with E-state index < -0.39 is 0 Å². The number of aryl methyl sites for hydroxylation is 2. The van der Waals surface area contributed by atoms with Gasteiger partial charge >= 0.3 is 0 Å². The van der Waals surface area contributed by atoms with Crippen LogP contribution in [0.15, 0.2) is 97.3 Å². The summed E-state index contributed by atoms with van der Waals surface area (Å²) < 4.78 is 0. The molecule has 0 unspecified atom stereocenters. The first kappa shape index (κ1) is 18.3. The van der Waals surface area contributed by atoms with Gasteiger partial charge in [0.2, 0.25) is 0 Å². The molecule has 2 heteroatoms. The Morgan fingerprint density at radius 3 is 2.07 bits per heavy atom. The van der Waals surface area contributed by atoms with E-state index in [4.69, 9.17) is 0 Å². The fourth-order valence-corrected chi connectivity index (χ4v) is 4.08. The van der Waals surface area contributed by atoms with Crippen molar-refractivity contribution in [2.24, 2.45) is 0 Å². The van der Waals surface area contributed by atoms with E-state index in [1.807, 2.05) is 18.5 Å². The van der Waals surface area contributed by atoms with Gasteiger partial charge in [-0.05, 0) is 47.9 Å². The summed E-state index contributed by atoms with van der Waals surface area (Å²) in [6, 6.07) is 29.5. The highest BCUT2D eigenvalue weighted by molar-refractivity contribution is 6.06. The summed E-state index contributed by atoms with van der Waals surface area (Å²) in [7, 11) is 0. The fourth-order valence-electron chi connectivity index (χ4n) is 4.08. The summed E-state index contributed by atoms with van der Waals surface area (Å²) in [6.07, 6.45) is 3.73. The van der Waals surface area contributed by atoms with Crippen molar-refractivity contribution in [1.29, 1.82) is 0 Å². The Morgan fingerprint density at radius 1 is 0.433 bits per heavy atom. The Bertz CT molecular complexity index is 1400. The molecule has 0 atom stereocenters. The zero-order chi connectivity index (χ0) is 20.5. The Kier molecular flexibility index (Phi) is 4.61. The van der Waals surface area contributed by atoms with Crippen LogP contribution >= 0.6 is 0 Å². The van der Waals surface area contributed by atoms with Gasteiger partial charge in [-0.2, -0.15) is 0 Å². The first-order valence-electron chi connectivity index (χ1n) is 10.2. The van der Waals surface area contributed by atoms with Gasteiger partial charge in [0.05, 0.1) is 11.0 Å². The van der Waals surface area contributed by atoms with Crippen LogP contribution in [-0.2, 0) is 0 Å². The van der Waals surface area contributed by atoms with E-state index >= 15 is 0 Å². The third kappa shape index (κ3) is 3.17. The molecule has 0 aliphatic carbocycles. The number of hydrogen-bond acceptors (Lipinski definition) is 2. The SMILES string of the molecule is Cc1cccc2c1ccc1cccnc12.Cc1ccnc2c1ccc1ccccc12. The molecule has 0 aliphatic heterocycles. The lowest BCUT2D eigenvalue weighted by Gasteiger charge is -2.04. The first-order valence-corrected chi connectivity index (χ1v) is 10.2. The van der Waals surface area contributed by atoms with Crippen LogP contribution in [0.4, 0.5) is 0 Å². The fraction of sp³-hybridized carbons (Fsp3) is 0.0714. The van der Waals surface area contributed by atoms with E-state index in [1.165, 1.54) is 43.4 Å². The topological polar surface area (TPSA) is 25.8 Å². The standard InChI is InChI=1S/2C14H11N/c1-10-4-2-6-13-12(10)8-7-11-5-3-9-15-14(11)13;1-10-8-9-15-14-12(10)7-6-11-4-2-3-5-13(11)14/h2*2-9H,1H3. The molecule has 0 spiro atoms. The van der Waals surface area contributed by atoms with Gasteiger partial charge in [-0.15, -0.1) is 0 Å². The molecule has 30 heavy (non-hydrogen) atoms. The maximum Gasteiger partial charge on any atom is 0.0782 e. The van der Waals surface area contributed by atoms with Gasteiger partial charge in [0, 0.05) is 33.9 Å². The van der Waals surface area contributed by atoms with Crippen molar-refractivity contribution in [3.8, 4) is 0 Å². The van der Waals surface area contributed by atoms with Crippen molar-refractivity contribution in [1.82, 2.24) is 9.97 Å². The lowest BCUT2D eigenvalue weighted by atomic mass is 10.0. The van der Waals surface area contributed by atoms with Crippen LogP contribution in [-0.4, -0.2) is 9.97 Å².